The van der Waals surface area contributed by atoms with Crippen LogP contribution in [0.15, 0.2) is 36.7 Å². The molecule has 6 heteroatoms. The summed E-state index contributed by atoms with van der Waals surface area (Å²) in [6, 6.07) is 9.76. The van der Waals surface area contributed by atoms with Crippen molar-refractivity contribution in [2.75, 3.05) is 33.3 Å². The summed E-state index contributed by atoms with van der Waals surface area (Å²) < 4.78 is 5.57. The zero-order valence-corrected chi connectivity index (χ0v) is 16.9. The summed E-state index contributed by atoms with van der Waals surface area (Å²) in [5.41, 5.74) is 3.34. The first-order valence-electron chi connectivity index (χ1n) is 10.3. The Morgan fingerprint density at radius 1 is 1.25 bits per heavy atom. The molecule has 2 aliphatic rings. The van der Waals surface area contributed by atoms with Crippen LogP contribution in [0.5, 0.6) is 0 Å². The molecule has 28 heavy (non-hydrogen) atoms. The summed E-state index contributed by atoms with van der Waals surface area (Å²) in [6.45, 7) is 5.83. The molecule has 1 saturated heterocycles. The van der Waals surface area contributed by atoms with Crippen LogP contribution in [-0.2, 0) is 21.5 Å². The van der Waals surface area contributed by atoms with Gasteiger partial charge >= 0.3 is 0 Å². The van der Waals surface area contributed by atoms with Crippen molar-refractivity contribution in [1.82, 2.24) is 19.8 Å². The number of imidazole rings is 1. The molecule has 1 atom stereocenters. The highest BCUT2D eigenvalue weighted by atomic mass is 16.5. The Morgan fingerprint density at radius 2 is 2.00 bits per heavy atom. The first kappa shape index (κ1) is 19.2. The lowest BCUT2D eigenvalue weighted by Gasteiger charge is -2.50. The molecule has 0 radical (unpaired) electrons. The summed E-state index contributed by atoms with van der Waals surface area (Å²) in [5, 5.41) is 0. The molecular formula is C22H30N4O2. The predicted molar refractivity (Wildman–Crippen MR) is 108 cm³/mol. The number of amides is 1. The fourth-order valence-corrected chi connectivity index (χ4v) is 4.94. The average Bonchev–Trinajstić information content (AvgIpc) is 3.22. The summed E-state index contributed by atoms with van der Waals surface area (Å²) in [7, 11) is 1.61. The zero-order valence-electron chi connectivity index (χ0n) is 16.9. The van der Waals surface area contributed by atoms with Crippen molar-refractivity contribution in [2.24, 2.45) is 0 Å². The monoisotopic (exact) mass is 382 g/mol. The van der Waals surface area contributed by atoms with Crippen molar-refractivity contribution in [1.29, 1.82) is 0 Å². The van der Waals surface area contributed by atoms with Gasteiger partial charge in [-0.25, -0.2) is 4.98 Å². The van der Waals surface area contributed by atoms with Gasteiger partial charge in [0.2, 0.25) is 0 Å². The standard InChI is InChI=1S/C22H30N4O2/c1-3-12-26-13-9-18-20(24-16-23-18)22(26)10-14-25(15-11-22)21(27)19(28-2)17-7-5-4-6-8-17/h4-8,16,19H,3,9-15H2,1-2H3,(H,23,24)/t19-/m1/s1. The zero-order chi connectivity index (χ0) is 19.6. The van der Waals surface area contributed by atoms with Crippen molar-refractivity contribution in [3.05, 3.63) is 53.6 Å². The Bertz CT molecular complexity index is 796. The van der Waals surface area contributed by atoms with Crippen LogP contribution in [0.1, 0.15) is 49.2 Å². The molecule has 0 bridgehead atoms. The fraction of sp³-hybridized carbons (Fsp3) is 0.545. The van der Waals surface area contributed by atoms with E-state index in [0.29, 0.717) is 0 Å². The van der Waals surface area contributed by atoms with Gasteiger partial charge in [-0.15, -0.1) is 0 Å². The molecule has 0 saturated carbocycles. The van der Waals surface area contributed by atoms with Gasteiger partial charge in [-0.05, 0) is 31.4 Å². The van der Waals surface area contributed by atoms with Crippen molar-refractivity contribution in [2.45, 2.75) is 44.2 Å². The van der Waals surface area contributed by atoms with Gasteiger partial charge in [0.25, 0.3) is 5.91 Å². The summed E-state index contributed by atoms with van der Waals surface area (Å²) in [5.74, 6) is 0.0589. The molecular weight excluding hydrogens is 352 g/mol. The van der Waals surface area contributed by atoms with Crippen molar-refractivity contribution in [3.63, 3.8) is 0 Å². The lowest BCUT2D eigenvalue weighted by Crippen LogP contribution is -2.57. The van der Waals surface area contributed by atoms with E-state index >= 15 is 0 Å². The van der Waals surface area contributed by atoms with Crippen LogP contribution in [0.3, 0.4) is 0 Å². The molecule has 2 aliphatic heterocycles. The number of likely N-dealkylation sites (tertiary alicyclic amines) is 1. The molecule has 1 aromatic carbocycles. The van der Waals surface area contributed by atoms with Crippen LogP contribution in [-0.4, -0.2) is 59.0 Å². The van der Waals surface area contributed by atoms with Crippen LogP contribution in [0, 0.1) is 0 Å². The predicted octanol–water partition coefficient (Wildman–Crippen LogP) is 2.88. The first-order valence-corrected chi connectivity index (χ1v) is 10.3. The second kappa shape index (κ2) is 8.05. The number of aromatic nitrogens is 2. The van der Waals surface area contributed by atoms with Gasteiger partial charge in [0.15, 0.2) is 6.10 Å². The van der Waals surface area contributed by atoms with Crippen molar-refractivity contribution in [3.8, 4) is 0 Å². The molecule has 150 valence electrons. The van der Waals surface area contributed by atoms with Gasteiger partial charge in [0.1, 0.15) is 0 Å². The van der Waals surface area contributed by atoms with E-state index in [4.69, 9.17) is 9.72 Å². The van der Waals surface area contributed by atoms with E-state index < -0.39 is 6.10 Å². The first-order chi connectivity index (χ1) is 13.7. The molecule has 1 N–H and O–H groups in total. The number of H-pyrrole nitrogens is 1. The molecule has 0 aliphatic carbocycles. The molecule has 1 amide bonds. The lowest BCUT2D eigenvalue weighted by molar-refractivity contribution is -0.145. The minimum absolute atomic E-state index is 0.0459. The second-order valence-electron chi connectivity index (χ2n) is 7.85. The number of rotatable bonds is 5. The molecule has 6 nitrogen and oxygen atoms in total. The minimum atomic E-state index is -0.533. The third-order valence-electron chi connectivity index (χ3n) is 6.35. The summed E-state index contributed by atoms with van der Waals surface area (Å²) in [4.78, 5) is 25.8. The SMILES string of the molecule is CCCN1CCc2[nH]cnc2C12CCN(C(=O)[C@H](OC)c1ccccc1)CC2. The van der Waals surface area contributed by atoms with Gasteiger partial charge < -0.3 is 14.6 Å². The van der Waals surface area contributed by atoms with Crippen molar-refractivity contribution < 1.29 is 9.53 Å². The largest absolute Gasteiger partial charge is 0.367 e. The van der Waals surface area contributed by atoms with E-state index in [2.05, 4.69) is 16.8 Å². The van der Waals surface area contributed by atoms with Crippen LogP contribution >= 0.6 is 0 Å². The highest BCUT2D eigenvalue weighted by Gasteiger charge is 2.47. The van der Waals surface area contributed by atoms with Crippen LogP contribution in [0.2, 0.25) is 0 Å². The van der Waals surface area contributed by atoms with Gasteiger partial charge in [-0.1, -0.05) is 37.3 Å². The Hall–Kier alpha value is -2.18. The van der Waals surface area contributed by atoms with E-state index in [1.807, 2.05) is 41.6 Å². The van der Waals surface area contributed by atoms with Crippen LogP contribution < -0.4 is 0 Å². The van der Waals surface area contributed by atoms with E-state index in [9.17, 15) is 4.79 Å². The number of fused-ring (bicyclic) bond motifs is 2. The number of aromatic amines is 1. The van der Waals surface area contributed by atoms with Crippen molar-refractivity contribution >= 4 is 5.91 Å². The Labute approximate surface area is 166 Å². The van der Waals surface area contributed by atoms with Crippen LogP contribution in [0.25, 0.3) is 0 Å². The van der Waals surface area contributed by atoms with Gasteiger partial charge in [0, 0.05) is 38.9 Å². The Morgan fingerprint density at radius 3 is 2.68 bits per heavy atom. The number of benzene rings is 1. The van der Waals surface area contributed by atoms with E-state index in [1.54, 1.807) is 7.11 Å². The second-order valence-corrected chi connectivity index (χ2v) is 7.85. The molecule has 1 aromatic heterocycles. The van der Waals surface area contributed by atoms with Crippen LogP contribution in [0.4, 0.5) is 0 Å². The number of methoxy groups -OCH3 is 1. The maximum Gasteiger partial charge on any atom is 0.256 e. The number of nitrogens with one attached hydrogen (secondary N) is 1. The molecule has 1 spiro atoms. The highest BCUT2D eigenvalue weighted by molar-refractivity contribution is 5.82. The van der Waals surface area contributed by atoms with Gasteiger partial charge in [-0.2, -0.15) is 0 Å². The average molecular weight is 383 g/mol. The number of hydrogen-bond donors (Lipinski definition) is 1. The van der Waals surface area contributed by atoms with Gasteiger partial charge in [-0.3, -0.25) is 9.69 Å². The topological polar surface area (TPSA) is 61.5 Å². The Kier molecular flexibility index (Phi) is 5.51. The quantitative estimate of drug-likeness (QED) is 0.864. The fourth-order valence-electron chi connectivity index (χ4n) is 4.94. The number of carbonyl (C=O) groups is 1. The summed E-state index contributed by atoms with van der Waals surface area (Å²) in [6.07, 6.45) is 5.29. The Balaban J connectivity index is 1.53. The lowest BCUT2D eigenvalue weighted by atomic mass is 9.78. The van der Waals surface area contributed by atoms with Gasteiger partial charge in [0.05, 0.1) is 17.6 Å². The maximum atomic E-state index is 13.2. The summed E-state index contributed by atoms with van der Waals surface area (Å²) >= 11 is 0. The third kappa shape index (κ3) is 3.25. The maximum absolute atomic E-state index is 13.2. The number of ether oxygens (including phenoxy) is 1. The molecule has 3 heterocycles. The highest BCUT2D eigenvalue weighted by Crippen LogP contribution is 2.42. The number of carbonyl (C=O) groups excluding carboxylic acids is 1. The van der Waals surface area contributed by atoms with E-state index in [-0.39, 0.29) is 11.4 Å². The van der Waals surface area contributed by atoms with E-state index in [1.165, 1.54) is 11.4 Å². The normalized spacial score (nSPS) is 20.1. The minimum Gasteiger partial charge on any atom is -0.367 e. The molecule has 1 fully saturated rings. The van der Waals surface area contributed by atoms with E-state index in [0.717, 1.165) is 57.4 Å². The number of piperidine rings is 1. The third-order valence-corrected chi connectivity index (χ3v) is 6.35. The number of nitrogens with zero attached hydrogens (tertiary/aromatic N) is 3. The molecule has 2 aromatic rings. The number of hydrogen-bond acceptors (Lipinski definition) is 4. The smallest absolute Gasteiger partial charge is 0.256 e. The molecule has 4 rings (SSSR count). The molecule has 0 unspecified atom stereocenters.